The van der Waals surface area contributed by atoms with E-state index in [2.05, 4.69) is 4.57 Å². The van der Waals surface area contributed by atoms with Crippen molar-refractivity contribution in [1.29, 1.82) is 0 Å². The highest BCUT2D eigenvalue weighted by Gasteiger charge is 2.24. The lowest BCUT2D eigenvalue weighted by Gasteiger charge is -2.23. The lowest BCUT2D eigenvalue weighted by Crippen LogP contribution is -2.35. The Labute approximate surface area is 191 Å². The fourth-order valence-electron chi connectivity index (χ4n) is 4.40. The molecule has 1 fully saturated rings. The Bertz CT molecular complexity index is 1020. The molecule has 9 heteroatoms. The first-order valence-corrected chi connectivity index (χ1v) is 13.1. The Morgan fingerprint density at radius 3 is 2.53 bits per heavy atom. The highest BCUT2D eigenvalue weighted by atomic mass is 32.2. The molecular formula is C23H36N4O4S. The lowest BCUT2D eigenvalue weighted by molar-refractivity contribution is -0.131. The molecular weight excluding hydrogens is 428 g/mol. The maximum absolute atomic E-state index is 12.9. The lowest BCUT2D eigenvalue weighted by atomic mass is 10.1. The van der Waals surface area contributed by atoms with E-state index in [0.717, 1.165) is 37.5 Å². The van der Waals surface area contributed by atoms with Crippen LogP contribution in [0.4, 0.5) is 0 Å². The largest absolute Gasteiger partial charge is 0.381 e. The molecule has 0 spiro atoms. The molecule has 0 radical (unpaired) electrons. The van der Waals surface area contributed by atoms with E-state index in [1.165, 1.54) is 4.31 Å². The summed E-state index contributed by atoms with van der Waals surface area (Å²) in [4.78, 5) is 19.7. The standard InChI is InChI=1S/C23H36N4O4S/c1-5-25(16-18-13-14-31-17-18)23(28)12-11-22-24-20-15-19(9-10-21(20)27(22)8-4)32(29,30)26(6-2)7-3/h9-10,15,18H,5-8,11-14,16-17H2,1-4H3. The SMILES string of the molecule is CCN(CC1CCOC1)C(=O)CCc1nc2cc(S(=O)(=O)N(CC)CC)ccc2n1CC. The van der Waals surface area contributed by atoms with Gasteiger partial charge in [0.2, 0.25) is 15.9 Å². The number of hydrogen-bond donors (Lipinski definition) is 0. The van der Waals surface area contributed by atoms with Crippen LogP contribution in [0.2, 0.25) is 0 Å². The van der Waals surface area contributed by atoms with E-state index in [1.54, 1.807) is 12.1 Å². The topological polar surface area (TPSA) is 84.7 Å². The quantitative estimate of drug-likeness (QED) is 0.511. The number of hydrogen-bond acceptors (Lipinski definition) is 5. The van der Waals surface area contributed by atoms with Gasteiger partial charge < -0.3 is 14.2 Å². The minimum absolute atomic E-state index is 0.124. The van der Waals surface area contributed by atoms with Crippen molar-refractivity contribution in [2.45, 2.75) is 58.4 Å². The highest BCUT2D eigenvalue weighted by Crippen LogP contribution is 2.24. The van der Waals surface area contributed by atoms with Gasteiger partial charge in [0.05, 0.1) is 22.5 Å². The Hall–Kier alpha value is -1.97. The van der Waals surface area contributed by atoms with Crippen LogP contribution >= 0.6 is 0 Å². The highest BCUT2D eigenvalue weighted by molar-refractivity contribution is 7.89. The van der Waals surface area contributed by atoms with Gasteiger partial charge in [-0.15, -0.1) is 0 Å². The third kappa shape index (κ3) is 5.15. The van der Waals surface area contributed by atoms with Gasteiger partial charge in [-0.25, -0.2) is 13.4 Å². The van der Waals surface area contributed by atoms with Crippen LogP contribution < -0.4 is 0 Å². The van der Waals surface area contributed by atoms with Crippen molar-refractivity contribution in [2.75, 3.05) is 39.4 Å². The number of carbonyl (C=O) groups is 1. The minimum Gasteiger partial charge on any atom is -0.381 e. The number of amides is 1. The Morgan fingerprint density at radius 2 is 1.94 bits per heavy atom. The molecule has 0 N–H and O–H groups in total. The zero-order valence-electron chi connectivity index (χ0n) is 19.7. The smallest absolute Gasteiger partial charge is 0.243 e. The summed E-state index contributed by atoms with van der Waals surface area (Å²) in [7, 11) is -3.54. The first-order chi connectivity index (χ1) is 15.3. The molecule has 1 aromatic carbocycles. The monoisotopic (exact) mass is 464 g/mol. The average Bonchev–Trinajstić information content (AvgIpc) is 3.42. The molecule has 0 saturated carbocycles. The van der Waals surface area contributed by atoms with E-state index < -0.39 is 10.0 Å². The zero-order valence-corrected chi connectivity index (χ0v) is 20.5. The van der Waals surface area contributed by atoms with E-state index in [1.807, 2.05) is 38.7 Å². The number of carbonyl (C=O) groups excluding carboxylic acids is 1. The van der Waals surface area contributed by atoms with E-state index in [0.29, 0.717) is 50.5 Å². The van der Waals surface area contributed by atoms with Crippen LogP contribution in [0, 0.1) is 5.92 Å². The number of sulfonamides is 1. The van der Waals surface area contributed by atoms with Gasteiger partial charge in [0.1, 0.15) is 5.82 Å². The average molecular weight is 465 g/mol. The van der Waals surface area contributed by atoms with Crippen LogP contribution in [-0.4, -0.2) is 72.5 Å². The van der Waals surface area contributed by atoms with Crippen molar-refractivity contribution >= 4 is 27.0 Å². The number of nitrogens with zero attached hydrogens (tertiary/aromatic N) is 4. The summed E-state index contributed by atoms with van der Waals surface area (Å²) < 4.78 is 34.7. The van der Waals surface area contributed by atoms with Gasteiger partial charge in [-0.2, -0.15) is 4.31 Å². The van der Waals surface area contributed by atoms with Crippen molar-refractivity contribution in [1.82, 2.24) is 18.8 Å². The summed E-state index contributed by atoms with van der Waals surface area (Å²) in [6, 6.07) is 5.13. The summed E-state index contributed by atoms with van der Waals surface area (Å²) in [5.41, 5.74) is 1.54. The maximum atomic E-state index is 12.9. The normalized spacial score (nSPS) is 16.8. The fraction of sp³-hybridized carbons (Fsp3) is 0.652. The van der Waals surface area contributed by atoms with Gasteiger partial charge in [-0.1, -0.05) is 13.8 Å². The Kier molecular flexibility index (Phi) is 8.30. The molecule has 32 heavy (non-hydrogen) atoms. The molecule has 1 amide bonds. The molecule has 1 aromatic heterocycles. The van der Waals surface area contributed by atoms with Crippen LogP contribution in [-0.2, 0) is 32.5 Å². The number of rotatable bonds is 11. The molecule has 1 unspecified atom stereocenters. The number of benzene rings is 1. The van der Waals surface area contributed by atoms with Crippen molar-refractivity contribution in [2.24, 2.45) is 5.92 Å². The first-order valence-electron chi connectivity index (χ1n) is 11.7. The van der Waals surface area contributed by atoms with E-state index in [-0.39, 0.29) is 10.8 Å². The van der Waals surface area contributed by atoms with Gasteiger partial charge in [0.25, 0.3) is 0 Å². The number of fused-ring (bicyclic) bond motifs is 1. The molecule has 2 aromatic rings. The predicted octanol–water partition coefficient (Wildman–Crippen LogP) is 2.90. The van der Waals surface area contributed by atoms with E-state index in [9.17, 15) is 13.2 Å². The van der Waals surface area contributed by atoms with Gasteiger partial charge in [0.15, 0.2) is 0 Å². The number of aryl methyl sites for hydroxylation is 2. The van der Waals surface area contributed by atoms with Gasteiger partial charge in [0, 0.05) is 58.1 Å². The number of aromatic nitrogens is 2. The summed E-state index contributed by atoms with van der Waals surface area (Å²) in [6.07, 6.45) is 1.92. The summed E-state index contributed by atoms with van der Waals surface area (Å²) in [5, 5.41) is 0. The van der Waals surface area contributed by atoms with E-state index >= 15 is 0 Å². The van der Waals surface area contributed by atoms with Crippen LogP contribution in [0.25, 0.3) is 11.0 Å². The third-order valence-corrected chi connectivity index (χ3v) is 8.30. The summed E-state index contributed by atoms with van der Waals surface area (Å²) in [5.74, 6) is 1.36. The van der Waals surface area contributed by atoms with Crippen LogP contribution in [0.3, 0.4) is 0 Å². The molecule has 0 aliphatic carbocycles. The number of ether oxygens (including phenoxy) is 1. The van der Waals surface area contributed by atoms with Crippen molar-refractivity contribution in [3.8, 4) is 0 Å². The molecule has 1 aliphatic rings. The Morgan fingerprint density at radius 1 is 1.19 bits per heavy atom. The van der Waals surface area contributed by atoms with Gasteiger partial charge >= 0.3 is 0 Å². The molecule has 0 bridgehead atoms. The maximum Gasteiger partial charge on any atom is 0.243 e. The molecule has 1 saturated heterocycles. The van der Waals surface area contributed by atoms with Gasteiger partial charge in [-0.05, 0) is 38.5 Å². The van der Waals surface area contributed by atoms with Crippen molar-refractivity contribution in [3.63, 3.8) is 0 Å². The van der Waals surface area contributed by atoms with Crippen LogP contribution in [0.5, 0.6) is 0 Å². The molecule has 3 rings (SSSR count). The second-order valence-corrected chi connectivity index (χ2v) is 10.1. The fourth-order valence-corrected chi connectivity index (χ4v) is 5.88. The second kappa shape index (κ2) is 10.8. The predicted molar refractivity (Wildman–Crippen MR) is 125 cm³/mol. The second-order valence-electron chi connectivity index (χ2n) is 8.17. The van der Waals surface area contributed by atoms with E-state index in [4.69, 9.17) is 9.72 Å². The van der Waals surface area contributed by atoms with Crippen LogP contribution in [0.1, 0.15) is 46.4 Å². The Balaban J connectivity index is 1.78. The third-order valence-electron chi connectivity index (χ3n) is 6.26. The molecule has 1 atom stereocenters. The first kappa shape index (κ1) is 24.7. The minimum atomic E-state index is -3.54. The summed E-state index contributed by atoms with van der Waals surface area (Å²) in [6.45, 7) is 12.2. The van der Waals surface area contributed by atoms with Gasteiger partial charge in [-0.3, -0.25) is 4.79 Å². The van der Waals surface area contributed by atoms with Crippen molar-refractivity contribution in [3.05, 3.63) is 24.0 Å². The van der Waals surface area contributed by atoms with Crippen molar-refractivity contribution < 1.29 is 17.9 Å². The molecule has 8 nitrogen and oxygen atoms in total. The van der Waals surface area contributed by atoms with Crippen LogP contribution in [0.15, 0.2) is 23.1 Å². The molecule has 2 heterocycles. The molecule has 1 aliphatic heterocycles. The molecule has 178 valence electrons. The zero-order chi connectivity index (χ0) is 23.3. The number of imidazole rings is 1. The summed E-state index contributed by atoms with van der Waals surface area (Å²) >= 11 is 0.